The third kappa shape index (κ3) is 2.33. The second-order valence-electron chi connectivity index (χ2n) is 5.45. The van der Waals surface area contributed by atoms with E-state index in [2.05, 4.69) is 10.1 Å². The van der Waals surface area contributed by atoms with Crippen LogP contribution in [0.15, 0.2) is 22.7 Å². The molecule has 2 N–H and O–H groups in total. The highest BCUT2D eigenvalue weighted by Gasteiger charge is 2.32. The lowest BCUT2D eigenvalue weighted by Crippen LogP contribution is -2.17. The highest BCUT2D eigenvalue weighted by Crippen LogP contribution is 2.38. The van der Waals surface area contributed by atoms with Crippen LogP contribution < -0.4 is 5.73 Å². The summed E-state index contributed by atoms with van der Waals surface area (Å²) in [5.74, 6) is 1.46. The second-order valence-corrected chi connectivity index (χ2v) is 5.45. The van der Waals surface area contributed by atoms with E-state index in [1.54, 1.807) is 6.07 Å². The summed E-state index contributed by atoms with van der Waals surface area (Å²) in [6.07, 6.45) is 3.28. The van der Waals surface area contributed by atoms with Crippen molar-refractivity contribution in [1.29, 1.82) is 0 Å². The van der Waals surface area contributed by atoms with Gasteiger partial charge in [-0.3, -0.25) is 0 Å². The molecule has 2 atom stereocenters. The first-order valence-corrected chi connectivity index (χ1v) is 6.99. The van der Waals surface area contributed by atoms with E-state index < -0.39 is 0 Å². The molecule has 1 aliphatic rings. The quantitative estimate of drug-likeness (QED) is 0.935. The summed E-state index contributed by atoms with van der Waals surface area (Å²) in [6, 6.07) is 4.60. The van der Waals surface area contributed by atoms with Gasteiger partial charge in [0.2, 0.25) is 11.7 Å². The maximum atomic E-state index is 13.4. The summed E-state index contributed by atoms with van der Waals surface area (Å²) in [5, 5.41) is 4.01. The minimum Gasteiger partial charge on any atom is -0.339 e. The molecule has 20 heavy (non-hydrogen) atoms. The van der Waals surface area contributed by atoms with Gasteiger partial charge in [-0.2, -0.15) is 4.98 Å². The molecule has 106 valence electrons. The van der Waals surface area contributed by atoms with Crippen molar-refractivity contribution < 1.29 is 8.91 Å². The van der Waals surface area contributed by atoms with Crippen LogP contribution in [0.4, 0.5) is 4.39 Å². The Labute approximate surface area is 117 Å². The lowest BCUT2D eigenvalue weighted by atomic mass is 9.96. The van der Waals surface area contributed by atoms with E-state index in [1.807, 2.05) is 6.92 Å². The summed E-state index contributed by atoms with van der Waals surface area (Å²) >= 11 is 0. The zero-order valence-corrected chi connectivity index (χ0v) is 11.5. The van der Waals surface area contributed by atoms with E-state index in [0.717, 1.165) is 24.8 Å². The summed E-state index contributed by atoms with van der Waals surface area (Å²) in [7, 11) is 0. The molecule has 1 heterocycles. The van der Waals surface area contributed by atoms with Crippen LogP contribution in [0.3, 0.4) is 0 Å². The summed E-state index contributed by atoms with van der Waals surface area (Å²) in [4.78, 5) is 4.46. The van der Waals surface area contributed by atoms with E-state index >= 15 is 0 Å². The summed E-state index contributed by atoms with van der Waals surface area (Å²) in [6.45, 7) is 2.55. The van der Waals surface area contributed by atoms with E-state index in [-0.39, 0.29) is 11.7 Å². The fourth-order valence-corrected chi connectivity index (χ4v) is 2.97. The zero-order chi connectivity index (χ0) is 14.1. The lowest BCUT2D eigenvalue weighted by molar-refractivity contribution is 0.326. The zero-order valence-electron chi connectivity index (χ0n) is 11.5. The Morgan fingerprint density at radius 1 is 1.40 bits per heavy atom. The molecule has 0 bridgehead atoms. The average Bonchev–Trinajstić information content (AvgIpc) is 3.08. The molecule has 5 heteroatoms. The van der Waals surface area contributed by atoms with Crippen molar-refractivity contribution in [2.24, 2.45) is 11.7 Å². The molecule has 2 unspecified atom stereocenters. The Morgan fingerprint density at radius 2 is 2.25 bits per heavy atom. The van der Waals surface area contributed by atoms with Crippen LogP contribution in [0.25, 0.3) is 11.4 Å². The third-order valence-electron chi connectivity index (χ3n) is 4.16. The fourth-order valence-electron chi connectivity index (χ4n) is 2.97. The van der Waals surface area contributed by atoms with Gasteiger partial charge in [-0.15, -0.1) is 0 Å². The molecule has 0 radical (unpaired) electrons. The van der Waals surface area contributed by atoms with E-state index in [4.69, 9.17) is 10.3 Å². The SMILES string of the molecule is Cc1ccc(F)cc1-c1noc(C2CCCC2CN)n1. The van der Waals surface area contributed by atoms with Gasteiger partial charge in [0, 0.05) is 11.5 Å². The molecule has 2 aromatic rings. The van der Waals surface area contributed by atoms with Gasteiger partial charge < -0.3 is 10.3 Å². The van der Waals surface area contributed by atoms with Crippen LogP contribution in [0.5, 0.6) is 0 Å². The number of aryl methyl sites for hydroxylation is 1. The Hall–Kier alpha value is -1.75. The van der Waals surface area contributed by atoms with Crippen LogP contribution >= 0.6 is 0 Å². The average molecular weight is 275 g/mol. The Morgan fingerprint density at radius 3 is 3.05 bits per heavy atom. The normalized spacial score (nSPS) is 22.4. The predicted octanol–water partition coefficient (Wildman–Crippen LogP) is 3.03. The van der Waals surface area contributed by atoms with E-state index in [1.165, 1.54) is 12.1 Å². The number of hydrogen-bond donors (Lipinski definition) is 1. The molecule has 0 spiro atoms. The molecule has 1 saturated carbocycles. The predicted molar refractivity (Wildman–Crippen MR) is 73.6 cm³/mol. The molecule has 1 aromatic carbocycles. The molecule has 3 rings (SSSR count). The number of hydrogen-bond acceptors (Lipinski definition) is 4. The number of benzene rings is 1. The van der Waals surface area contributed by atoms with Crippen molar-refractivity contribution in [2.75, 3.05) is 6.54 Å². The van der Waals surface area contributed by atoms with Crippen molar-refractivity contribution in [2.45, 2.75) is 32.1 Å². The van der Waals surface area contributed by atoms with Crippen molar-refractivity contribution in [1.82, 2.24) is 10.1 Å². The van der Waals surface area contributed by atoms with Crippen LogP contribution in [0.1, 0.15) is 36.6 Å². The first-order valence-electron chi connectivity index (χ1n) is 6.99. The van der Waals surface area contributed by atoms with Crippen molar-refractivity contribution in [3.63, 3.8) is 0 Å². The topological polar surface area (TPSA) is 64.9 Å². The Balaban J connectivity index is 1.92. The molecule has 1 aromatic heterocycles. The summed E-state index contributed by atoms with van der Waals surface area (Å²) < 4.78 is 18.7. The monoisotopic (exact) mass is 275 g/mol. The van der Waals surface area contributed by atoms with Crippen molar-refractivity contribution in [3.8, 4) is 11.4 Å². The first-order chi connectivity index (χ1) is 9.69. The van der Waals surface area contributed by atoms with Gasteiger partial charge in [0.25, 0.3) is 0 Å². The number of halogens is 1. The van der Waals surface area contributed by atoms with Crippen molar-refractivity contribution in [3.05, 3.63) is 35.5 Å². The van der Waals surface area contributed by atoms with Gasteiger partial charge in [-0.1, -0.05) is 17.6 Å². The van der Waals surface area contributed by atoms with Gasteiger partial charge in [0.1, 0.15) is 5.82 Å². The van der Waals surface area contributed by atoms with Gasteiger partial charge in [-0.05, 0) is 49.9 Å². The standard InChI is InChI=1S/C15H18FN3O/c1-9-5-6-11(16)7-13(9)14-18-15(20-19-14)12-4-2-3-10(12)8-17/h5-7,10,12H,2-4,8,17H2,1H3. The molecule has 4 nitrogen and oxygen atoms in total. The van der Waals surface area contributed by atoms with Crippen LogP contribution in [-0.2, 0) is 0 Å². The summed E-state index contributed by atoms with van der Waals surface area (Å²) in [5.41, 5.74) is 7.40. The molecular formula is C15H18FN3O. The fraction of sp³-hybridized carbons (Fsp3) is 0.467. The van der Waals surface area contributed by atoms with Gasteiger partial charge >= 0.3 is 0 Å². The maximum Gasteiger partial charge on any atom is 0.230 e. The number of rotatable bonds is 3. The molecule has 1 aliphatic carbocycles. The van der Waals surface area contributed by atoms with Crippen LogP contribution in [0.2, 0.25) is 0 Å². The minimum absolute atomic E-state index is 0.245. The Kier molecular flexibility index (Phi) is 3.53. The maximum absolute atomic E-state index is 13.4. The van der Waals surface area contributed by atoms with Crippen LogP contribution in [-0.4, -0.2) is 16.7 Å². The third-order valence-corrected chi connectivity index (χ3v) is 4.16. The van der Waals surface area contributed by atoms with Gasteiger partial charge in [0.15, 0.2) is 0 Å². The second kappa shape index (κ2) is 5.32. The highest BCUT2D eigenvalue weighted by atomic mass is 19.1. The van der Waals surface area contributed by atoms with Crippen molar-refractivity contribution >= 4 is 0 Å². The molecule has 0 aliphatic heterocycles. The van der Waals surface area contributed by atoms with E-state index in [0.29, 0.717) is 29.7 Å². The van der Waals surface area contributed by atoms with Crippen LogP contribution in [0, 0.1) is 18.7 Å². The lowest BCUT2D eigenvalue weighted by Gasteiger charge is -2.12. The van der Waals surface area contributed by atoms with E-state index in [9.17, 15) is 4.39 Å². The van der Waals surface area contributed by atoms with Gasteiger partial charge in [0.05, 0.1) is 0 Å². The molecule has 0 saturated heterocycles. The molecular weight excluding hydrogens is 257 g/mol. The molecule has 1 fully saturated rings. The Bertz CT molecular complexity index is 611. The largest absolute Gasteiger partial charge is 0.339 e. The number of nitrogens with zero attached hydrogens (tertiary/aromatic N) is 2. The highest BCUT2D eigenvalue weighted by molar-refractivity contribution is 5.59. The molecule has 0 amide bonds. The smallest absolute Gasteiger partial charge is 0.230 e. The van der Waals surface area contributed by atoms with Gasteiger partial charge in [-0.25, -0.2) is 4.39 Å². The first kappa shape index (κ1) is 13.2. The number of aromatic nitrogens is 2. The minimum atomic E-state index is -0.294. The number of nitrogens with two attached hydrogens (primary N) is 1.